The van der Waals surface area contributed by atoms with Gasteiger partial charge in [0, 0.05) is 16.8 Å². The Morgan fingerprint density at radius 1 is 0.815 bits per heavy atom. The van der Waals surface area contributed by atoms with Gasteiger partial charge in [-0.15, -0.1) is 0 Å². The predicted molar refractivity (Wildman–Crippen MR) is 104 cm³/mol. The van der Waals surface area contributed by atoms with Crippen molar-refractivity contribution in [3.63, 3.8) is 0 Å². The average Bonchev–Trinajstić information content (AvgIpc) is 2.74. The topological polar surface area (TPSA) is 58.6 Å². The lowest BCUT2D eigenvalue weighted by Crippen LogP contribution is -2.37. The van der Waals surface area contributed by atoms with Gasteiger partial charge in [-0.1, -0.05) is 30.3 Å². The van der Waals surface area contributed by atoms with Crippen molar-refractivity contribution in [2.45, 2.75) is 0 Å². The number of fused-ring (bicyclic) bond motifs is 1. The van der Waals surface area contributed by atoms with Gasteiger partial charge in [0.1, 0.15) is 12.4 Å². The molecule has 5 nitrogen and oxygen atoms in total. The monoisotopic (exact) mass is 358 g/mol. The molecule has 0 aromatic heterocycles. The molecule has 3 aromatic carbocycles. The minimum absolute atomic E-state index is 0.0910. The fourth-order valence-corrected chi connectivity index (χ4v) is 3.03. The van der Waals surface area contributed by atoms with Crippen LogP contribution >= 0.6 is 0 Å². The summed E-state index contributed by atoms with van der Waals surface area (Å²) in [6.45, 7) is 0.969. The molecule has 27 heavy (non-hydrogen) atoms. The average molecular weight is 358 g/mol. The number of carbonyl (C=O) groups excluding carboxylic acids is 2. The number of hydrogen-bond acceptors (Lipinski definition) is 3. The molecule has 0 atom stereocenters. The van der Waals surface area contributed by atoms with Gasteiger partial charge in [-0.2, -0.15) is 0 Å². The maximum atomic E-state index is 12.9. The number of ether oxygens (including phenoxy) is 1. The van der Waals surface area contributed by atoms with Crippen LogP contribution in [0.15, 0.2) is 78.9 Å². The molecule has 0 saturated heterocycles. The first-order valence-electron chi connectivity index (χ1n) is 8.72. The zero-order valence-electron chi connectivity index (χ0n) is 14.6. The van der Waals surface area contributed by atoms with Crippen LogP contribution in [0.2, 0.25) is 0 Å². The van der Waals surface area contributed by atoms with Crippen LogP contribution in [0.3, 0.4) is 0 Å². The number of hydrogen-bond donors (Lipinski definition) is 1. The number of nitrogens with zero attached hydrogens (tertiary/aromatic N) is 1. The van der Waals surface area contributed by atoms with Crippen LogP contribution in [0, 0.1) is 0 Å². The molecule has 1 N–H and O–H groups in total. The van der Waals surface area contributed by atoms with E-state index in [2.05, 4.69) is 5.32 Å². The van der Waals surface area contributed by atoms with Gasteiger partial charge in [0.15, 0.2) is 0 Å². The Balaban J connectivity index is 1.50. The zero-order valence-corrected chi connectivity index (χ0v) is 14.6. The molecule has 4 rings (SSSR count). The first kappa shape index (κ1) is 16.8. The lowest BCUT2D eigenvalue weighted by Gasteiger charge is -2.29. The zero-order chi connectivity index (χ0) is 18.6. The van der Waals surface area contributed by atoms with Gasteiger partial charge < -0.3 is 15.0 Å². The molecular weight excluding hydrogens is 340 g/mol. The van der Waals surface area contributed by atoms with Crippen molar-refractivity contribution < 1.29 is 14.3 Å². The van der Waals surface area contributed by atoms with Gasteiger partial charge >= 0.3 is 0 Å². The third-order valence-electron chi connectivity index (χ3n) is 4.40. The molecule has 2 amide bonds. The van der Waals surface area contributed by atoms with Crippen molar-refractivity contribution in [3.05, 3.63) is 90.0 Å². The maximum absolute atomic E-state index is 12.9. The third-order valence-corrected chi connectivity index (χ3v) is 4.40. The Morgan fingerprint density at radius 3 is 2.30 bits per heavy atom. The summed E-state index contributed by atoms with van der Waals surface area (Å²) in [5, 5.41) is 2.84. The van der Waals surface area contributed by atoms with E-state index in [1.165, 1.54) is 0 Å². The van der Waals surface area contributed by atoms with Gasteiger partial charge in [-0.25, -0.2) is 0 Å². The Hall–Kier alpha value is -3.60. The highest BCUT2D eigenvalue weighted by Gasteiger charge is 2.24. The van der Waals surface area contributed by atoms with Crippen LogP contribution in [0.4, 0.5) is 11.4 Å². The summed E-state index contributed by atoms with van der Waals surface area (Å²) in [6.07, 6.45) is 0. The first-order valence-corrected chi connectivity index (χ1v) is 8.72. The lowest BCUT2D eigenvalue weighted by atomic mass is 10.1. The Morgan fingerprint density at radius 2 is 1.52 bits per heavy atom. The van der Waals surface area contributed by atoms with Crippen LogP contribution in [-0.2, 0) is 0 Å². The molecule has 1 aliphatic heterocycles. The summed E-state index contributed by atoms with van der Waals surface area (Å²) in [6, 6.07) is 23.4. The summed E-state index contributed by atoms with van der Waals surface area (Å²) in [4.78, 5) is 26.8. The second kappa shape index (κ2) is 7.33. The van der Waals surface area contributed by atoms with E-state index in [1.807, 2.05) is 42.5 Å². The van der Waals surface area contributed by atoms with Gasteiger partial charge in [-0.3, -0.25) is 9.59 Å². The maximum Gasteiger partial charge on any atom is 0.258 e. The third kappa shape index (κ3) is 3.53. The molecule has 0 aliphatic carbocycles. The Labute approximate surface area is 157 Å². The summed E-state index contributed by atoms with van der Waals surface area (Å²) in [7, 11) is 0. The van der Waals surface area contributed by atoms with Crippen molar-refractivity contribution in [1.29, 1.82) is 0 Å². The van der Waals surface area contributed by atoms with E-state index in [-0.39, 0.29) is 11.8 Å². The predicted octanol–water partition coefficient (Wildman–Crippen LogP) is 3.98. The highest BCUT2D eigenvalue weighted by molar-refractivity contribution is 6.08. The number of para-hydroxylation sites is 2. The van der Waals surface area contributed by atoms with E-state index in [9.17, 15) is 9.59 Å². The summed E-state index contributed by atoms with van der Waals surface area (Å²) >= 11 is 0. The fourth-order valence-electron chi connectivity index (χ4n) is 3.03. The highest BCUT2D eigenvalue weighted by atomic mass is 16.5. The van der Waals surface area contributed by atoms with E-state index in [0.29, 0.717) is 35.7 Å². The van der Waals surface area contributed by atoms with Crippen LogP contribution < -0.4 is 15.0 Å². The molecule has 0 bridgehead atoms. The van der Waals surface area contributed by atoms with Crippen LogP contribution in [0.5, 0.6) is 5.75 Å². The molecule has 134 valence electrons. The second-order valence-electron chi connectivity index (χ2n) is 6.17. The quantitative estimate of drug-likeness (QED) is 0.770. The van der Waals surface area contributed by atoms with Crippen molar-refractivity contribution in [3.8, 4) is 5.75 Å². The van der Waals surface area contributed by atoms with E-state index in [1.54, 1.807) is 41.3 Å². The Bertz CT molecular complexity index is 968. The van der Waals surface area contributed by atoms with E-state index in [4.69, 9.17) is 4.74 Å². The normalized spacial score (nSPS) is 12.7. The van der Waals surface area contributed by atoms with Gasteiger partial charge in [0.2, 0.25) is 0 Å². The van der Waals surface area contributed by atoms with Crippen LogP contribution in [-0.4, -0.2) is 25.0 Å². The molecule has 1 aliphatic rings. The molecular formula is C22H18N2O3. The molecule has 5 heteroatoms. The van der Waals surface area contributed by atoms with E-state index >= 15 is 0 Å². The number of anilines is 2. The van der Waals surface area contributed by atoms with E-state index < -0.39 is 0 Å². The molecule has 3 aromatic rings. The Kier molecular flexibility index (Phi) is 4.58. The first-order chi connectivity index (χ1) is 13.2. The van der Waals surface area contributed by atoms with Crippen molar-refractivity contribution >= 4 is 23.2 Å². The van der Waals surface area contributed by atoms with Crippen LogP contribution in [0.25, 0.3) is 0 Å². The van der Waals surface area contributed by atoms with E-state index in [0.717, 1.165) is 5.69 Å². The standard InChI is InChI=1S/C22H18N2O3/c25-21(16-6-2-1-3-7-16)23-18-12-10-17(11-13-18)22(26)24-14-15-27-20-9-5-4-8-19(20)24/h1-13H,14-15H2,(H,23,25). The molecule has 1 heterocycles. The highest BCUT2D eigenvalue weighted by Crippen LogP contribution is 2.32. The number of carbonyl (C=O) groups is 2. The van der Waals surface area contributed by atoms with Crippen molar-refractivity contribution in [1.82, 2.24) is 0 Å². The summed E-state index contributed by atoms with van der Waals surface area (Å²) in [5.74, 6) is 0.437. The number of rotatable bonds is 3. The number of benzene rings is 3. The largest absolute Gasteiger partial charge is 0.490 e. The van der Waals surface area contributed by atoms with Gasteiger partial charge in [-0.05, 0) is 48.5 Å². The van der Waals surface area contributed by atoms with Crippen molar-refractivity contribution in [2.24, 2.45) is 0 Å². The van der Waals surface area contributed by atoms with Crippen molar-refractivity contribution in [2.75, 3.05) is 23.4 Å². The summed E-state index contributed by atoms with van der Waals surface area (Å²) in [5.41, 5.74) is 2.56. The summed E-state index contributed by atoms with van der Waals surface area (Å²) < 4.78 is 5.60. The number of amides is 2. The van der Waals surface area contributed by atoms with Gasteiger partial charge in [0.25, 0.3) is 11.8 Å². The smallest absolute Gasteiger partial charge is 0.258 e. The number of nitrogens with one attached hydrogen (secondary N) is 1. The molecule has 0 radical (unpaired) electrons. The minimum Gasteiger partial charge on any atom is -0.490 e. The van der Waals surface area contributed by atoms with Gasteiger partial charge in [0.05, 0.1) is 12.2 Å². The molecule has 0 unspecified atom stereocenters. The minimum atomic E-state index is -0.184. The lowest BCUT2D eigenvalue weighted by molar-refractivity contribution is 0.0975. The van der Waals surface area contributed by atoms with Crippen LogP contribution in [0.1, 0.15) is 20.7 Å². The molecule has 0 fully saturated rings. The molecule has 0 spiro atoms. The SMILES string of the molecule is O=C(Nc1ccc(C(=O)N2CCOc3ccccc32)cc1)c1ccccc1. The molecule has 0 saturated carbocycles. The second-order valence-corrected chi connectivity index (χ2v) is 6.17. The fraction of sp³-hybridized carbons (Fsp3) is 0.0909.